The Kier molecular flexibility index (Phi) is 8.29. The van der Waals surface area contributed by atoms with E-state index in [-0.39, 0.29) is 18.2 Å². The molecule has 33 heavy (non-hydrogen) atoms. The van der Waals surface area contributed by atoms with E-state index in [0.29, 0.717) is 59.4 Å². The Bertz CT molecular complexity index is 1030. The number of aromatic nitrogens is 1. The van der Waals surface area contributed by atoms with E-state index in [1.54, 1.807) is 54.6 Å². The molecule has 1 amide bonds. The molecule has 1 fully saturated rings. The maximum absolute atomic E-state index is 13.4. The number of Topliss-reactive ketones (excluding diaryl/α,β-unsaturated/α-hetero) is 1. The Balaban J connectivity index is 1.85. The fraction of sp³-hybridized carbons (Fsp3) is 0.458. The van der Waals surface area contributed by atoms with Gasteiger partial charge in [-0.15, -0.1) is 0 Å². The summed E-state index contributed by atoms with van der Waals surface area (Å²) in [5.41, 5.74) is 2.45. The molecule has 1 aromatic carbocycles. The van der Waals surface area contributed by atoms with Crippen LogP contribution in [0.3, 0.4) is 0 Å². The van der Waals surface area contributed by atoms with Gasteiger partial charge in [-0.25, -0.2) is 4.79 Å². The predicted octanol–water partition coefficient (Wildman–Crippen LogP) is 2.74. The van der Waals surface area contributed by atoms with Gasteiger partial charge in [-0.05, 0) is 43.7 Å². The van der Waals surface area contributed by atoms with Crippen molar-refractivity contribution < 1.29 is 23.9 Å². The minimum absolute atomic E-state index is 0.0991. The summed E-state index contributed by atoms with van der Waals surface area (Å²) in [4.78, 5) is 42.7. The third kappa shape index (κ3) is 5.63. The second-order valence-electron chi connectivity index (χ2n) is 8.10. The number of nitrogens with zero attached hydrogens (tertiary/aromatic N) is 3. The van der Waals surface area contributed by atoms with Crippen LogP contribution in [0.25, 0.3) is 0 Å². The van der Waals surface area contributed by atoms with Crippen molar-refractivity contribution in [3.63, 3.8) is 0 Å². The normalized spacial score (nSPS) is 14.2. The van der Waals surface area contributed by atoms with Crippen LogP contribution in [0.2, 0.25) is 5.02 Å². The van der Waals surface area contributed by atoms with Crippen molar-refractivity contribution in [2.45, 2.75) is 13.8 Å². The van der Waals surface area contributed by atoms with Crippen LogP contribution in [0, 0.1) is 13.8 Å². The number of morpholine rings is 1. The molecular weight excluding hydrogens is 446 g/mol. The van der Waals surface area contributed by atoms with Gasteiger partial charge in [0.05, 0.1) is 26.9 Å². The maximum Gasteiger partial charge on any atom is 0.354 e. The number of hydrogen-bond acceptors (Lipinski definition) is 6. The number of hydrogen-bond donors (Lipinski definition) is 0. The van der Waals surface area contributed by atoms with Gasteiger partial charge in [0.15, 0.2) is 5.78 Å². The van der Waals surface area contributed by atoms with Crippen molar-refractivity contribution in [1.82, 2.24) is 14.4 Å². The van der Waals surface area contributed by atoms with Gasteiger partial charge in [0.1, 0.15) is 5.69 Å². The van der Waals surface area contributed by atoms with Crippen LogP contribution >= 0.6 is 11.6 Å². The summed E-state index contributed by atoms with van der Waals surface area (Å²) in [6, 6.07) is 6.63. The van der Waals surface area contributed by atoms with Crippen molar-refractivity contribution in [3.05, 3.63) is 57.4 Å². The van der Waals surface area contributed by atoms with Crippen LogP contribution in [-0.4, -0.2) is 85.1 Å². The van der Waals surface area contributed by atoms with Gasteiger partial charge >= 0.3 is 5.97 Å². The third-order valence-corrected chi connectivity index (χ3v) is 6.34. The molecule has 1 saturated heterocycles. The van der Waals surface area contributed by atoms with Gasteiger partial charge in [0.25, 0.3) is 5.91 Å². The van der Waals surface area contributed by atoms with Crippen molar-refractivity contribution in [3.8, 4) is 0 Å². The first-order chi connectivity index (χ1) is 15.7. The molecule has 0 bridgehead atoms. The molecule has 2 heterocycles. The molecule has 0 unspecified atom stereocenters. The number of esters is 1. The van der Waals surface area contributed by atoms with E-state index in [0.717, 1.165) is 13.1 Å². The zero-order valence-electron chi connectivity index (χ0n) is 19.5. The highest BCUT2D eigenvalue weighted by Gasteiger charge is 2.28. The van der Waals surface area contributed by atoms with Gasteiger partial charge in [-0.1, -0.05) is 11.6 Å². The maximum atomic E-state index is 13.4. The number of benzene rings is 1. The second-order valence-corrected chi connectivity index (χ2v) is 8.53. The molecule has 1 aromatic heterocycles. The summed E-state index contributed by atoms with van der Waals surface area (Å²) in [6.45, 7) is 7.33. The van der Waals surface area contributed by atoms with Gasteiger partial charge in [0, 0.05) is 55.1 Å². The summed E-state index contributed by atoms with van der Waals surface area (Å²) in [5.74, 6) is -0.966. The first-order valence-electron chi connectivity index (χ1n) is 10.9. The Morgan fingerprint density at radius 1 is 1.12 bits per heavy atom. The zero-order chi connectivity index (χ0) is 24.1. The predicted molar refractivity (Wildman–Crippen MR) is 125 cm³/mol. The molecule has 178 valence electrons. The van der Waals surface area contributed by atoms with Crippen molar-refractivity contribution >= 4 is 29.3 Å². The fourth-order valence-electron chi connectivity index (χ4n) is 4.14. The number of amides is 1. The average Bonchev–Trinajstić information content (AvgIpc) is 3.04. The first kappa shape index (κ1) is 25.0. The molecule has 0 N–H and O–H groups in total. The van der Waals surface area contributed by atoms with Crippen LogP contribution < -0.4 is 0 Å². The SMILES string of the molecule is COC(=O)c1c(C)c(C(=O)CN(CCN2CCOCC2)C(=O)c2ccc(Cl)cc2)c(C)n1C. The van der Waals surface area contributed by atoms with E-state index < -0.39 is 5.97 Å². The Morgan fingerprint density at radius 2 is 1.76 bits per heavy atom. The average molecular weight is 476 g/mol. The number of carbonyl (C=O) groups excluding carboxylic acids is 3. The highest BCUT2D eigenvalue weighted by molar-refractivity contribution is 6.30. The van der Waals surface area contributed by atoms with Crippen LogP contribution in [0.1, 0.15) is 42.5 Å². The van der Waals surface area contributed by atoms with E-state index in [1.807, 2.05) is 0 Å². The molecule has 0 radical (unpaired) electrons. The highest BCUT2D eigenvalue weighted by atomic mass is 35.5. The minimum atomic E-state index is -0.501. The number of methoxy groups -OCH3 is 1. The van der Waals surface area contributed by atoms with E-state index >= 15 is 0 Å². The van der Waals surface area contributed by atoms with Crippen LogP contribution in [0.4, 0.5) is 0 Å². The number of carbonyl (C=O) groups is 3. The lowest BCUT2D eigenvalue weighted by molar-refractivity contribution is 0.0323. The lowest BCUT2D eigenvalue weighted by Gasteiger charge is -2.30. The lowest BCUT2D eigenvalue weighted by Crippen LogP contribution is -2.44. The Morgan fingerprint density at radius 3 is 2.36 bits per heavy atom. The largest absolute Gasteiger partial charge is 0.464 e. The molecule has 0 aliphatic carbocycles. The van der Waals surface area contributed by atoms with E-state index in [4.69, 9.17) is 21.1 Å². The molecule has 9 heteroatoms. The lowest BCUT2D eigenvalue weighted by atomic mass is 10.0. The first-order valence-corrected chi connectivity index (χ1v) is 11.2. The van der Waals surface area contributed by atoms with Crippen LogP contribution in [0.15, 0.2) is 24.3 Å². The quantitative estimate of drug-likeness (QED) is 0.431. The summed E-state index contributed by atoms with van der Waals surface area (Å²) >= 11 is 5.97. The second kappa shape index (κ2) is 11.0. The number of halogens is 1. The van der Waals surface area contributed by atoms with Crippen molar-refractivity contribution in [2.75, 3.05) is 53.0 Å². The number of ether oxygens (including phenoxy) is 2. The standard InChI is InChI=1S/C24H30ClN3O5/c1-16-21(17(2)26(3)22(16)24(31)32-4)20(29)15-28(10-9-27-11-13-33-14-12-27)23(30)18-5-7-19(25)8-6-18/h5-8H,9-15H2,1-4H3. The molecule has 2 aromatic rings. The van der Waals surface area contributed by atoms with Gasteiger partial charge in [-0.3, -0.25) is 14.5 Å². The van der Waals surface area contributed by atoms with Crippen LogP contribution in [0.5, 0.6) is 0 Å². The summed E-state index contributed by atoms with van der Waals surface area (Å²) < 4.78 is 11.9. The molecule has 1 aliphatic heterocycles. The van der Waals surface area contributed by atoms with Crippen LogP contribution in [-0.2, 0) is 16.5 Å². The highest BCUT2D eigenvalue weighted by Crippen LogP contribution is 2.23. The van der Waals surface area contributed by atoms with Crippen molar-refractivity contribution in [2.24, 2.45) is 7.05 Å². The van der Waals surface area contributed by atoms with E-state index in [1.165, 1.54) is 7.11 Å². The smallest absolute Gasteiger partial charge is 0.354 e. The summed E-state index contributed by atoms with van der Waals surface area (Å²) in [5, 5.41) is 0.536. The third-order valence-electron chi connectivity index (χ3n) is 6.09. The molecule has 3 rings (SSSR count). The van der Waals surface area contributed by atoms with Crippen molar-refractivity contribution in [1.29, 1.82) is 0 Å². The van der Waals surface area contributed by atoms with Gasteiger partial charge in [0.2, 0.25) is 0 Å². The zero-order valence-corrected chi connectivity index (χ0v) is 20.3. The Labute approximate surface area is 199 Å². The number of ketones is 1. The Hall–Kier alpha value is -2.68. The monoisotopic (exact) mass is 475 g/mol. The fourth-order valence-corrected chi connectivity index (χ4v) is 4.27. The van der Waals surface area contributed by atoms with E-state index in [9.17, 15) is 14.4 Å². The molecule has 0 saturated carbocycles. The topological polar surface area (TPSA) is 81.1 Å². The number of rotatable bonds is 8. The van der Waals surface area contributed by atoms with Gasteiger partial charge < -0.3 is 18.9 Å². The summed E-state index contributed by atoms with van der Waals surface area (Å²) in [7, 11) is 3.03. The molecule has 8 nitrogen and oxygen atoms in total. The molecule has 1 aliphatic rings. The minimum Gasteiger partial charge on any atom is -0.464 e. The molecule has 0 spiro atoms. The van der Waals surface area contributed by atoms with E-state index in [2.05, 4.69) is 4.90 Å². The molecular formula is C24H30ClN3O5. The van der Waals surface area contributed by atoms with Gasteiger partial charge in [-0.2, -0.15) is 0 Å². The molecule has 0 atom stereocenters. The summed E-state index contributed by atoms with van der Waals surface area (Å²) in [6.07, 6.45) is 0.